The molecule has 2 aromatic heterocycles. The molecule has 0 amide bonds. The minimum absolute atomic E-state index is 0.606. The summed E-state index contributed by atoms with van der Waals surface area (Å²) in [6, 6.07) is 6.61. The van der Waals surface area contributed by atoms with E-state index in [1.807, 2.05) is 6.07 Å². The molecule has 2 N–H and O–H groups in total. The van der Waals surface area contributed by atoms with Gasteiger partial charge in [0.2, 0.25) is 0 Å². The maximum atomic E-state index is 5.78. The summed E-state index contributed by atoms with van der Waals surface area (Å²) in [5.41, 5.74) is 7.33. The summed E-state index contributed by atoms with van der Waals surface area (Å²) in [5, 5.41) is 4.02. The van der Waals surface area contributed by atoms with Crippen molar-refractivity contribution in [1.82, 2.24) is 14.8 Å². The number of hydrogen-bond acceptors (Lipinski definition) is 3. The highest BCUT2D eigenvalue weighted by Crippen LogP contribution is 2.21. The van der Waals surface area contributed by atoms with Crippen molar-refractivity contribution in [3.8, 4) is 11.3 Å². The summed E-state index contributed by atoms with van der Waals surface area (Å²) in [6.07, 6.45) is 3.40. The minimum Gasteiger partial charge on any atom is -0.383 e. The van der Waals surface area contributed by atoms with Crippen LogP contribution in [0, 0.1) is 6.07 Å². The summed E-state index contributed by atoms with van der Waals surface area (Å²) < 4.78 is 1.61. The van der Waals surface area contributed by atoms with Crippen molar-refractivity contribution in [2.24, 2.45) is 7.05 Å². The van der Waals surface area contributed by atoms with E-state index in [2.05, 4.69) is 16.1 Å². The second-order valence-electron chi connectivity index (χ2n) is 2.70. The quantitative estimate of drug-likeness (QED) is 0.696. The monoisotopic (exact) mass is 173 g/mol. The molecule has 1 radical (unpaired) electrons. The van der Waals surface area contributed by atoms with Crippen LogP contribution in [-0.2, 0) is 7.05 Å². The molecule has 0 aromatic carbocycles. The molecule has 65 valence electrons. The molecule has 2 heterocycles. The van der Waals surface area contributed by atoms with Crippen LogP contribution in [0.1, 0.15) is 0 Å². The predicted molar refractivity (Wildman–Crippen MR) is 49.7 cm³/mol. The lowest BCUT2D eigenvalue weighted by atomic mass is 10.2. The van der Waals surface area contributed by atoms with E-state index in [1.54, 1.807) is 30.2 Å². The van der Waals surface area contributed by atoms with Gasteiger partial charge in [-0.05, 0) is 6.07 Å². The number of pyridine rings is 1. The molecule has 4 nitrogen and oxygen atoms in total. The Hall–Kier alpha value is -1.84. The first kappa shape index (κ1) is 7.79. The van der Waals surface area contributed by atoms with Crippen LogP contribution in [0.5, 0.6) is 0 Å². The van der Waals surface area contributed by atoms with Gasteiger partial charge in [0.1, 0.15) is 5.82 Å². The van der Waals surface area contributed by atoms with Crippen LogP contribution >= 0.6 is 0 Å². The first-order valence-corrected chi connectivity index (χ1v) is 3.89. The van der Waals surface area contributed by atoms with E-state index in [1.165, 1.54) is 0 Å². The zero-order chi connectivity index (χ0) is 9.26. The van der Waals surface area contributed by atoms with Crippen LogP contribution in [0.3, 0.4) is 0 Å². The van der Waals surface area contributed by atoms with Crippen LogP contribution in [0.15, 0.2) is 24.5 Å². The molecule has 0 unspecified atom stereocenters. The molecular formula is C9H9N4. The fourth-order valence-electron chi connectivity index (χ4n) is 1.10. The van der Waals surface area contributed by atoms with Crippen LogP contribution in [0.2, 0.25) is 0 Å². The molecule has 0 saturated carbocycles. The number of hydrogen-bond donors (Lipinski definition) is 1. The topological polar surface area (TPSA) is 56.7 Å². The molecule has 0 spiro atoms. The first-order valence-electron chi connectivity index (χ1n) is 3.89. The lowest BCUT2D eigenvalue weighted by Crippen LogP contribution is -1.98. The molecule has 2 aromatic rings. The van der Waals surface area contributed by atoms with Crippen molar-refractivity contribution in [3.63, 3.8) is 0 Å². The van der Waals surface area contributed by atoms with E-state index in [-0.39, 0.29) is 0 Å². The van der Waals surface area contributed by atoms with Crippen LogP contribution in [-0.4, -0.2) is 14.8 Å². The van der Waals surface area contributed by atoms with E-state index in [4.69, 9.17) is 5.73 Å². The Morgan fingerprint density at radius 1 is 1.54 bits per heavy atom. The Kier molecular flexibility index (Phi) is 1.73. The van der Waals surface area contributed by atoms with Gasteiger partial charge < -0.3 is 5.73 Å². The second kappa shape index (κ2) is 2.90. The lowest BCUT2D eigenvalue weighted by molar-refractivity contribution is 0.779. The van der Waals surface area contributed by atoms with Crippen LogP contribution in [0.4, 0.5) is 5.82 Å². The van der Waals surface area contributed by atoms with Gasteiger partial charge in [0, 0.05) is 19.3 Å². The molecule has 0 fully saturated rings. The van der Waals surface area contributed by atoms with E-state index >= 15 is 0 Å². The molecule has 0 aliphatic carbocycles. The number of rotatable bonds is 1. The third kappa shape index (κ3) is 1.26. The second-order valence-corrected chi connectivity index (χ2v) is 2.70. The number of aryl methyl sites for hydroxylation is 1. The van der Waals surface area contributed by atoms with Crippen molar-refractivity contribution in [2.45, 2.75) is 0 Å². The summed E-state index contributed by atoms with van der Waals surface area (Å²) in [4.78, 5) is 4.13. The number of anilines is 1. The van der Waals surface area contributed by atoms with Gasteiger partial charge >= 0.3 is 0 Å². The number of nitrogens with two attached hydrogens (primary N) is 1. The smallest absolute Gasteiger partial charge is 0.130 e. The van der Waals surface area contributed by atoms with E-state index in [9.17, 15) is 0 Å². The first-order chi connectivity index (χ1) is 6.29. The van der Waals surface area contributed by atoms with Crippen LogP contribution < -0.4 is 5.73 Å². The standard InChI is InChI=1S/C9H9N4/c1-13-9(10)7(6-12-13)8-4-2-3-5-11-8/h2-3,5-6H,10H2,1H3. The zero-order valence-corrected chi connectivity index (χ0v) is 7.23. The molecular weight excluding hydrogens is 164 g/mol. The number of nitrogens with zero attached hydrogens (tertiary/aromatic N) is 3. The summed E-state index contributed by atoms with van der Waals surface area (Å²) in [6.45, 7) is 0. The third-order valence-electron chi connectivity index (χ3n) is 1.85. The number of nitrogen functional groups attached to an aromatic ring is 1. The Balaban J connectivity index is 2.53. The van der Waals surface area contributed by atoms with E-state index in [0.717, 1.165) is 11.3 Å². The average molecular weight is 173 g/mol. The van der Waals surface area contributed by atoms with E-state index in [0.29, 0.717) is 5.82 Å². The Bertz CT molecular complexity index is 405. The summed E-state index contributed by atoms with van der Waals surface area (Å²) in [5.74, 6) is 0.606. The highest BCUT2D eigenvalue weighted by Gasteiger charge is 2.07. The van der Waals surface area contributed by atoms with Gasteiger partial charge in [0.15, 0.2) is 0 Å². The summed E-state index contributed by atoms with van der Waals surface area (Å²) in [7, 11) is 1.79. The van der Waals surface area contributed by atoms with Crippen molar-refractivity contribution in [3.05, 3.63) is 30.6 Å². The predicted octanol–water partition coefficient (Wildman–Crippen LogP) is 0.864. The normalized spacial score (nSPS) is 10.2. The van der Waals surface area contributed by atoms with Crippen molar-refractivity contribution in [1.29, 1.82) is 0 Å². The van der Waals surface area contributed by atoms with Gasteiger partial charge in [-0.15, -0.1) is 0 Å². The molecule has 0 bridgehead atoms. The summed E-state index contributed by atoms with van der Waals surface area (Å²) >= 11 is 0. The van der Waals surface area contributed by atoms with Gasteiger partial charge in [0.05, 0.1) is 17.5 Å². The van der Waals surface area contributed by atoms with Crippen molar-refractivity contribution in [2.75, 3.05) is 5.73 Å². The fraction of sp³-hybridized carbons (Fsp3) is 0.111. The van der Waals surface area contributed by atoms with Gasteiger partial charge in [0.25, 0.3) is 0 Å². The van der Waals surface area contributed by atoms with Crippen molar-refractivity contribution < 1.29 is 0 Å². The number of aromatic nitrogens is 3. The lowest BCUT2D eigenvalue weighted by Gasteiger charge is -1.97. The molecule has 0 saturated heterocycles. The molecule has 2 rings (SSSR count). The maximum absolute atomic E-state index is 5.78. The minimum atomic E-state index is 0.606. The molecule has 0 atom stereocenters. The van der Waals surface area contributed by atoms with Gasteiger partial charge in [-0.2, -0.15) is 5.10 Å². The highest BCUT2D eigenvalue weighted by atomic mass is 15.3. The molecule has 13 heavy (non-hydrogen) atoms. The Morgan fingerprint density at radius 3 is 2.92 bits per heavy atom. The average Bonchev–Trinajstić information content (AvgIpc) is 2.49. The molecule has 0 aliphatic rings. The van der Waals surface area contributed by atoms with E-state index < -0.39 is 0 Å². The van der Waals surface area contributed by atoms with Gasteiger partial charge in [-0.1, -0.05) is 6.07 Å². The Morgan fingerprint density at radius 2 is 2.38 bits per heavy atom. The fourth-order valence-corrected chi connectivity index (χ4v) is 1.10. The molecule has 0 aliphatic heterocycles. The molecule has 4 heteroatoms. The van der Waals surface area contributed by atoms with Crippen LogP contribution in [0.25, 0.3) is 11.3 Å². The third-order valence-corrected chi connectivity index (χ3v) is 1.85. The zero-order valence-electron chi connectivity index (χ0n) is 7.23. The van der Waals surface area contributed by atoms with Gasteiger partial charge in [-0.25, -0.2) is 0 Å². The maximum Gasteiger partial charge on any atom is 0.130 e. The highest BCUT2D eigenvalue weighted by molar-refractivity contribution is 5.69. The van der Waals surface area contributed by atoms with Crippen molar-refractivity contribution >= 4 is 5.82 Å². The van der Waals surface area contributed by atoms with Gasteiger partial charge in [-0.3, -0.25) is 9.67 Å². The largest absolute Gasteiger partial charge is 0.383 e. The SMILES string of the molecule is Cn1ncc(-c2[c]cccn2)c1N. The Labute approximate surface area is 76.0 Å².